The van der Waals surface area contributed by atoms with Gasteiger partial charge >= 0.3 is 6.03 Å². The Morgan fingerprint density at radius 1 is 1.12 bits per heavy atom. The summed E-state index contributed by atoms with van der Waals surface area (Å²) in [7, 11) is 1.62. The second-order valence-corrected chi connectivity index (χ2v) is 8.60. The Bertz CT molecular complexity index is 1410. The molecule has 0 aliphatic rings. The molecule has 4 aromatic rings. The first-order valence-corrected chi connectivity index (χ1v) is 10.9. The second-order valence-electron chi connectivity index (χ2n) is 7.08. The lowest BCUT2D eigenvalue weighted by Gasteiger charge is -2.16. The third-order valence-corrected chi connectivity index (χ3v) is 6.70. The fraction of sp³-hybridized carbons (Fsp3) is 0.130. The Hall–Kier alpha value is -3.23. The summed E-state index contributed by atoms with van der Waals surface area (Å²) in [5.74, 6) is -1.70. The molecule has 2 aromatic carbocycles. The largest absolute Gasteiger partial charge is 0.323 e. The Kier molecular flexibility index (Phi) is 5.99. The van der Waals surface area contributed by atoms with Gasteiger partial charge in [0.15, 0.2) is 0 Å². The van der Waals surface area contributed by atoms with Crippen LogP contribution in [0, 0.1) is 11.6 Å². The summed E-state index contributed by atoms with van der Waals surface area (Å²) in [4.78, 5) is 27.7. The number of nitrogens with zero attached hydrogens (tertiary/aromatic N) is 1. The van der Waals surface area contributed by atoms with Gasteiger partial charge in [-0.3, -0.25) is 4.79 Å². The van der Waals surface area contributed by atoms with E-state index >= 15 is 0 Å². The highest BCUT2D eigenvalue weighted by molar-refractivity contribution is 7.18. The van der Waals surface area contributed by atoms with Crippen LogP contribution in [0.25, 0.3) is 21.3 Å². The van der Waals surface area contributed by atoms with Crippen molar-refractivity contribution in [2.24, 2.45) is 7.05 Å². The Labute approximate surface area is 191 Å². The number of pyridine rings is 1. The van der Waals surface area contributed by atoms with E-state index in [2.05, 4.69) is 10.6 Å². The monoisotopic (exact) mass is 473 g/mol. The third-order valence-electron chi connectivity index (χ3n) is 5.02. The molecule has 5 nitrogen and oxygen atoms in total. The van der Waals surface area contributed by atoms with Crippen LogP contribution in [0.5, 0.6) is 0 Å². The van der Waals surface area contributed by atoms with Gasteiger partial charge in [-0.15, -0.1) is 11.3 Å². The van der Waals surface area contributed by atoms with E-state index in [1.807, 2.05) is 13.0 Å². The van der Waals surface area contributed by atoms with Crippen molar-refractivity contribution >= 4 is 50.6 Å². The zero-order chi connectivity index (χ0) is 23.0. The molecule has 2 aromatic heterocycles. The number of halogens is 3. The van der Waals surface area contributed by atoms with E-state index in [1.165, 1.54) is 15.9 Å². The van der Waals surface area contributed by atoms with Crippen LogP contribution in [-0.4, -0.2) is 10.6 Å². The maximum Gasteiger partial charge on any atom is 0.323 e. The lowest BCUT2D eigenvalue weighted by atomic mass is 10.0. The topological polar surface area (TPSA) is 63.1 Å². The van der Waals surface area contributed by atoms with Crippen LogP contribution in [0.1, 0.15) is 11.8 Å². The van der Waals surface area contributed by atoms with Crippen molar-refractivity contribution in [3.8, 4) is 11.1 Å². The first-order valence-electron chi connectivity index (χ1n) is 9.73. The predicted octanol–water partition coefficient (Wildman–Crippen LogP) is 6.41. The lowest BCUT2D eigenvalue weighted by Crippen LogP contribution is -2.28. The molecule has 9 heteroatoms. The maximum absolute atomic E-state index is 14.0. The zero-order valence-corrected chi connectivity index (χ0v) is 18.7. The second kappa shape index (κ2) is 8.72. The number of anilines is 2. The molecule has 4 rings (SSSR count). The fourth-order valence-electron chi connectivity index (χ4n) is 3.45. The Balaban J connectivity index is 1.87. The summed E-state index contributed by atoms with van der Waals surface area (Å²) < 4.78 is 28.6. The Morgan fingerprint density at radius 3 is 2.56 bits per heavy atom. The van der Waals surface area contributed by atoms with Crippen molar-refractivity contribution < 1.29 is 13.6 Å². The molecule has 0 atom stereocenters. The number of carbonyl (C=O) groups excluding carboxylic acids is 1. The van der Waals surface area contributed by atoms with Gasteiger partial charge in [0.2, 0.25) is 0 Å². The molecule has 0 aliphatic heterocycles. The molecule has 0 radical (unpaired) electrons. The molecule has 0 saturated carbocycles. The van der Waals surface area contributed by atoms with E-state index in [4.69, 9.17) is 11.6 Å². The number of hydrogen-bond donors (Lipinski definition) is 2. The van der Waals surface area contributed by atoms with Crippen LogP contribution in [-0.2, 0) is 13.5 Å². The quantitative estimate of drug-likeness (QED) is 0.360. The normalized spacial score (nSPS) is 11.0. The molecule has 32 heavy (non-hydrogen) atoms. The number of carbonyl (C=O) groups is 1. The molecule has 164 valence electrons. The van der Waals surface area contributed by atoms with E-state index in [0.717, 1.165) is 33.6 Å². The average Bonchev–Trinajstić information content (AvgIpc) is 3.19. The number of fused-ring (bicyclic) bond motifs is 1. The number of aromatic nitrogens is 1. The van der Waals surface area contributed by atoms with Gasteiger partial charge in [0.05, 0.1) is 5.69 Å². The van der Waals surface area contributed by atoms with Gasteiger partial charge in [0, 0.05) is 39.5 Å². The van der Waals surface area contributed by atoms with E-state index in [-0.39, 0.29) is 11.4 Å². The molecular weight excluding hydrogens is 456 g/mol. The number of aryl methyl sites for hydroxylation is 2. The van der Waals surface area contributed by atoms with E-state index in [0.29, 0.717) is 22.2 Å². The van der Waals surface area contributed by atoms with E-state index < -0.39 is 23.2 Å². The number of hydrogen-bond acceptors (Lipinski definition) is 3. The van der Waals surface area contributed by atoms with Gasteiger partial charge in [0.25, 0.3) is 5.56 Å². The van der Waals surface area contributed by atoms with Crippen LogP contribution in [0.4, 0.5) is 25.0 Å². The summed E-state index contributed by atoms with van der Waals surface area (Å²) in [6, 6.07) is 10.9. The van der Waals surface area contributed by atoms with E-state index in [9.17, 15) is 18.4 Å². The molecule has 0 saturated heterocycles. The highest BCUT2D eigenvalue weighted by atomic mass is 35.5. The van der Waals surface area contributed by atoms with Crippen molar-refractivity contribution in [1.29, 1.82) is 0 Å². The van der Waals surface area contributed by atoms with Crippen LogP contribution in [0.15, 0.2) is 53.3 Å². The van der Waals surface area contributed by atoms with Crippen LogP contribution < -0.4 is 16.2 Å². The SMILES string of the molecule is CCc1cc2c(-c3ccccc3Cl)c(NC(=O)Nc3ccc(F)cc3F)c(=O)n(C)c2s1. The first kappa shape index (κ1) is 22.0. The van der Waals surface area contributed by atoms with Crippen LogP contribution >= 0.6 is 22.9 Å². The molecule has 0 bridgehead atoms. The van der Waals surface area contributed by atoms with Gasteiger partial charge in [-0.1, -0.05) is 36.7 Å². The number of rotatable bonds is 4. The summed E-state index contributed by atoms with van der Waals surface area (Å²) in [6.45, 7) is 2.02. The number of benzene rings is 2. The highest BCUT2D eigenvalue weighted by Gasteiger charge is 2.22. The number of thiophene rings is 1. The Morgan fingerprint density at radius 2 is 1.88 bits per heavy atom. The molecule has 0 spiro atoms. The number of amides is 2. The molecule has 2 N–H and O–H groups in total. The molecule has 2 amide bonds. The van der Waals surface area contributed by atoms with Crippen molar-refractivity contribution in [3.05, 3.63) is 80.4 Å². The summed E-state index contributed by atoms with van der Waals surface area (Å²) in [6.07, 6.45) is 0.780. The average molecular weight is 474 g/mol. The van der Waals surface area contributed by atoms with Gasteiger partial charge in [-0.05, 0) is 30.7 Å². The van der Waals surface area contributed by atoms with E-state index in [1.54, 1.807) is 31.3 Å². The molecule has 0 unspecified atom stereocenters. The van der Waals surface area contributed by atoms with Crippen molar-refractivity contribution in [2.45, 2.75) is 13.3 Å². The standard InChI is InChI=1S/C23H18ClF2N3O2S/c1-3-13-11-15-19(14-6-4-5-7-16(14)24)20(21(30)29(2)22(15)32-13)28-23(31)27-18-9-8-12(25)10-17(18)26/h4-11H,3H2,1-2H3,(H2,27,28,31). The summed E-state index contributed by atoms with van der Waals surface area (Å²) >= 11 is 7.94. The highest BCUT2D eigenvalue weighted by Crippen LogP contribution is 2.40. The molecular formula is C23H18ClF2N3O2S. The van der Waals surface area contributed by atoms with Gasteiger partial charge in [-0.2, -0.15) is 0 Å². The van der Waals surface area contributed by atoms with Gasteiger partial charge in [-0.25, -0.2) is 13.6 Å². The fourth-order valence-corrected chi connectivity index (χ4v) is 4.74. The van der Waals surface area contributed by atoms with Crippen LogP contribution in [0.3, 0.4) is 0 Å². The van der Waals surface area contributed by atoms with Gasteiger partial charge in [0.1, 0.15) is 22.2 Å². The lowest BCUT2D eigenvalue weighted by molar-refractivity contribution is 0.262. The third kappa shape index (κ3) is 3.99. The molecule has 0 aliphatic carbocycles. The van der Waals surface area contributed by atoms with Crippen molar-refractivity contribution in [1.82, 2.24) is 4.57 Å². The number of urea groups is 1. The minimum absolute atomic E-state index is 0.00794. The minimum atomic E-state index is -0.930. The summed E-state index contributed by atoms with van der Waals surface area (Å²) in [5.41, 5.74) is 0.421. The zero-order valence-electron chi connectivity index (χ0n) is 17.1. The predicted molar refractivity (Wildman–Crippen MR) is 126 cm³/mol. The molecule has 0 fully saturated rings. The summed E-state index contributed by atoms with van der Waals surface area (Å²) in [5, 5.41) is 6.06. The number of nitrogens with one attached hydrogen (secondary N) is 2. The maximum atomic E-state index is 14.0. The van der Waals surface area contributed by atoms with Gasteiger partial charge < -0.3 is 15.2 Å². The smallest absolute Gasteiger partial charge is 0.305 e. The first-order chi connectivity index (χ1) is 15.3. The van der Waals surface area contributed by atoms with Crippen LogP contribution in [0.2, 0.25) is 5.02 Å². The van der Waals surface area contributed by atoms with Crippen molar-refractivity contribution in [2.75, 3.05) is 10.6 Å². The minimum Gasteiger partial charge on any atom is -0.305 e. The molecule has 2 heterocycles. The van der Waals surface area contributed by atoms with Crippen molar-refractivity contribution in [3.63, 3.8) is 0 Å².